The second-order valence-corrected chi connectivity index (χ2v) is 9.93. The lowest BCUT2D eigenvalue weighted by molar-refractivity contribution is -0.113. The van der Waals surface area contributed by atoms with Crippen molar-refractivity contribution in [2.24, 2.45) is 0 Å². The van der Waals surface area contributed by atoms with Crippen molar-refractivity contribution in [3.05, 3.63) is 82.8 Å². The summed E-state index contributed by atoms with van der Waals surface area (Å²) in [5.74, 6) is 1.54. The van der Waals surface area contributed by atoms with E-state index in [1.807, 2.05) is 60.0 Å². The summed E-state index contributed by atoms with van der Waals surface area (Å²) in [6.07, 6.45) is 4.27. The van der Waals surface area contributed by atoms with E-state index in [9.17, 15) is 4.79 Å². The molecule has 0 bridgehead atoms. The zero-order chi connectivity index (χ0) is 24.6. The molecule has 0 atom stereocenters. The highest BCUT2D eigenvalue weighted by Crippen LogP contribution is 2.27. The average molecular weight is 526 g/mol. The quantitative estimate of drug-likeness (QED) is 0.192. The Bertz CT molecular complexity index is 1300. The number of hydrogen-bond donors (Lipinski definition) is 1. The minimum absolute atomic E-state index is 0.158. The molecule has 0 unspecified atom stereocenters. The summed E-state index contributed by atoms with van der Waals surface area (Å²) in [4.78, 5) is 17.9. The maximum absolute atomic E-state index is 12.6. The Labute approximate surface area is 217 Å². The van der Waals surface area contributed by atoms with Crippen LogP contribution in [-0.4, -0.2) is 38.0 Å². The normalized spacial score (nSPS) is 10.8. The van der Waals surface area contributed by atoms with Crippen LogP contribution in [0, 0.1) is 0 Å². The molecule has 2 heterocycles. The third kappa shape index (κ3) is 6.72. The van der Waals surface area contributed by atoms with Gasteiger partial charge in [-0.1, -0.05) is 41.6 Å². The summed E-state index contributed by atoms with van der Waals surface area (Å²) in [5.41, 5.74) is 2.01. The van der Waals surface area contributed by atoms with Crippen LogP contribution in [-0.2, 0) is 17.8 Å². The molecule has 0 saturated heterocycles. The lowest BCUT2D eigenvalue weighted by Crippen LogP contribution is -2.14. The molecule has 0 aliphatic rings. The van der Waals surface area contributed by atoms with E-state index in [1.165, 1.54) is 23.1 Å². The maximum Gasteiger partial charge on any atom is 0.236 e. The maximum atomic E-state index is 12.6. The molecule has 7 nitrogen and oxygen atoms in total. The molecular formula is C25H24ClN5O2S2. The molecule has 10 heteroatoms. The van der Waals surface area contributed by atoms with Crippen LogP contribution in [0.2, 0.25) is 5.02 Å². The second-order valence-electron chi connectivity index (χ2n) is 7.44. The van der Waals surface area contributed by atoms with Crippen LogP contribution in [0.1, 0.15) is 17.4 Å². The average Bonchev–Trinajstić information content (AvgIpc) is 3.45. The first kappa shape index (κ1) is 25.0. The Kier molecular flexibility index (Phi) is 8.57. The number of thiazole rings is 1. The van der Waals surface area contributed by atoms with Crippen molar-refractivity contribution in [3.63, 3.8) is 0 Å². The molecule has 1 N–H and O–H groups in total. The number of ether oxygens (including phenoxy) is 1. The van der Waals surface area contributed by atoms with Gasteiger partial charge in [-0.05, 0) is 48.9 Å². The number of benzene rings is 2. The molecule has 0 spiro atoms. The number of amides is 1. The number of hydrogen-bond acceptors (Lipinski definition) is 7. The van der Waals surface area contributed by atoms with Gasteiger partial charge in [-0.2, -0.15) is 0 Å². The van der Waals surface area contributed by atoms with Gasteiger partial charge >= 0.3 is 0 Å². The van der Waals surface area contributed by atoms with Crippen molar-refractivity contribution in [2.45, 2.75) is 25.0 Å². The fraction of sp³-hybridized carbons (Fsp3) is 0.200. The van der Waals surface area contributed by atoms with E-state index in [0.29, 0.717) is 40.7 Å². The smallest absolute Gasteiger partial charge is 0.236 e. The third-order valence-electron chi connectivity index (χ3n) is 4.85. The zero-order valence-electron chi connectivity index (χ0n) is 19.1. The summed E-state index contributed by atoms with van der Waals surface area (Å²) >= 11 is 8.83. The van der Waals surface area contributed by atoms with E-state index in [0.717, 1.165) is 21.8 Å². The molecule has 0 aliphatic carbocycles. The Hall–Kier alpha value is -3.14. The van der Waals surface area contributed by atoms with Gasteiger partial charge in [0.05, 0.1) is 12.4 Å². The molecule has 2 aromatic carbocycles. The van der Waals surface area contributed by atoms with Gasteiger partial charge in [-0.3, -0.25) is 9.36 Å². The van der Waals surface area contributed by atoms with Gasteiger partial charge in [0.15, 0.2) is 16.1 Å². The molecule has 180 valence electrons. The van der Waals surface area contributed by atoms with E-state index in [4.69, 9.17) is 16.3 Å². The first-order valence-electron chi connectivity index (χ1n) is 10.9. The van der Waals surface area contributed by atoms with E-state index in [-0.39, 0.29) is 11.7 Å². The highest BCUT2D eigenvalue weighted by Gasteiger charge is 2.16. The Morgan fingerprint density at radius 2 is 2.09 bits per heavy atom. The molecule has 0 saturated carbocycles. The van der Waals surface area contributed by atoms with Crippen LogP contribution in [0.25, 0.3) is 11.4 Å². The molecule has 0 fully saturated rings. The van der Waals surface area contributed by atoms with E-state index >= 15 is 0 Å². The molecule has 4 aromatic rings. The van der Waals surface area contributed by atoms with Crippen LogP contribution < -0.4 is 10.1 Å². The standard InChI is InChI=1S/C25H24ClN5O2S2/c1-3-12-31-23(18-8-10-20(11-9-18)33-4-2)29-30-25(31)34-16-22(32)28-24-27-15-21(35-24)14-17-6-5-7-19(26)13-17/h3,5-11,13,15H,1,4,12,14,16H2,2H3,(H,27,28,32). The fourth-order valence-electron chi connectivity index (χ4n) is 3.35. The SMILES string of the molecule is C=CCn1c(SCC(=O)Nc2ncc(Cc3cccc(Cl)c3)s2)nnc1-c1ccc(OCC)cc1. The number of halogens is 1. The first-order chi connectivity index (χ1) is 17.1. The number of nitrogens with one attached hydrogen (secondary N) is 1. The zero-order valence-corrected chi connectivity index (χ0v) is 21.5. The highest BCUT2D eigenvalue weighted by molar-refractivity contribution is 7.99. The van der Waals surface area contributed by atoms with Crippen molar-refractivity contribution in [1.29, 1.82) is 0 Å². The van der Waals surface area contributed by atoms with Crippen molar-refractivity contribution < 1.29 is 9.53 Å². The van der Waals surface area contributed by atoms with E-state index in [1.54, 1.807) is 12.3 Å². The number of carbonyl (C=O) groups is 1. The van der Waals surface area contributed by atoms with Crippen molar-refractivity contribution >= 4 is 45.7 Å². The lowest BCUT2D eigenvalue weighted by Gasteiger charge is -2.08. The third-order valence-corrected chi connectivity index (χ3v) is 6.97. The van der Waals surface area contributed by atoms with Gasteiger partial charge in [-0.25, -0.2) is 4.98 Å². The van der Waals surface area contributed by atoms with Crippen molar-refractivity contribution in [3.8, 4) is 17.1 Å². The minimum Gasteiger partial charge on any atom is -0.494 e. The molecule has 1 amide bonds. The number of anilines is 1. The summed E-state index contributed by atoms with van der Waals surface area (Å²) in [7, 11) is 0. The number of thioether (sulfide) groups is 1. The molecule has 0 aliphatic heterocycles. The topological polar surface area (TPSA) is 81.9 Å². The Balaban J connectivity index is 1.37. The predicted molar refractivity (Wildman–Crippen MR) is 143 cm³/mol. The van der Waals surface area contributed by atoms with Gasteiger partial charge in [0.25, 0.3) is 0 Å². The van der Waals surface area contributed by atoms with Crippen LogP contribution in [0.4, 0.5) is 5.13 Å². The van der Waals surface area contributed by atoms with Crippen LogP contribution >= 0.6 is 34.7 Å². The number of carbonyl (C=O) groups excluding carboxylic acids is 1. The molecule has 4 rings (SSSR count). The van der Waals surface area contributed by atoms with E-state index in [2.05, 4.69) is 27.1 Å². The fourth-order valence-corrected chi connectivity index (χ4v) is 5.17. The van der Waals surface area contributed by atoms with Crippen molar-refractivity contribution in [1.82, 2.24) is 19.7 Å². The second kappa shape index (κ2) is 12.0. The van der Waals surface area contributed by atoms with Gasteiger partial charge in [0, 0.05) is 34.6 Å². The summed E-state index contributed by atoms with van der Waals surface area (Å²) in [6.45, 7) is 6.92. The number of rotatable bonds is 11. The highest BCUT2D eigenvalue weighted by atomic mass is 35.5. The largest absolute Gasteiger partial charge is 0.494 e. The summed E-state index contributed by atoms with van der Waals surface area (Å²) in [5, 5.41) is 13.4. The summed E-state index contributed by atoms with van der Waals surface area (Å²) < 4.78 is 7.45. The predicted octanol–water partition coefficient (Wildman–Crippen LogP) is 5.96. The van der Waals surface area contributed by atoms with Crippen molar-refractivity contribution in [2.75, 3.05) is 17.7 Å². The van der Waals surface area contributed by atoms with Gasteiger partial charge < -0.3 is 10.1 Å². The number of aromatic nitrogens is 4. The molecule has 0 radical (unpaired) electrons. The van der Waals surface area contributed by atoms with Crippen LogP contribution in [0.3, 0.4) is 0 Å². The van der Waals surface area contributed by atoms with Gasteiger partial charge in [0.2, 0.25) is 5.91 Å². The molecule has 35 heavy (non-hydrogen) atoms. The van der Waals surface area contributed by atoms with Gasteiger partial charge in [0.1, 0.15) is 5.75 Å². The molecule has 2 aromatic heterocycles. The monoisotopic (exact) mass is 525 g/mol. The Morgan fingerprint density at radius 1 is 1.26 bits per heavy atom. The first-order valence-corrected chi connectivity index (χ1v) is 13.1. The number of allylic oxidation sites excluding steroid dienone is 1. The Morgan fingerprint density at radius 3 is 2.83 bits per heavy atom. The number of nitrogens with zero attached hydrogens (tertiary/aromatic N) is 4. The lowest BCUT2D eigenvalue weighted by atomic mass is 10.1. The van der Waals surface area contributed by atoms with E-state index < -0.39 is 0 Å². The van der Waals surface area contributed by atoms with Crippen LogP contribution in [0.15, 0.2) is 72.5 Å². The minimum atomic E-state index is -0.158. The van der Waals surface area contributed by atoms with Crippen LogP contribution in [0.5, 0.6) is 5.75 Å². The summed E-state index contributed by atoms with van der Waals surface area (Å²) in [6, 6.07) is 15.4. The molecular weight excluding hydrogens is 502 g/mol. The van der Waals surface area contributed by atoms with Gasteiger partial charge in [-0.15, -0.1) is 28.1 Å².